The molecule has 76 valence electrons. The fourth-order valence-corrected chi connectivity index (χ4v) is 1.56. The lowest BCUT2D eigenvalue weighted by Crippen LogP contribution is -2.24. The van der Waals surface area contributed by atoms with Crippen LogP contribution in [0.15, 0.2) is 24.3 Å². The molecule has 1 aliphatic heterocycles. The molecule has 0 atom stereocenters. The minimum absolute atomic E-state index is 0.575. The summed E-state index contributed by atoms with van der Waals surface area (Å²) in [7, 11) is 0. The van der Waals surface area contributed by atoms with Crippen LogP contribution >= 0.6 is 0 Å². The van der Waals surface area contributed by atoms with Crippen LogP contribution in [0.25, 0.3) is 0 Å². The first kappa shape index (κ1) is 9.65. The molecule has 1 fully saturated rings. The van der Waals surface area contributed by atoms with Crippen LogP contribution in [0.2, 0.25) is 0 Å². The van der Waals surface area contributed by atoms with E-state index < -0.39 is 0 Å². The standard InChI is InChI=1S/C11H15NO2/c12-14-6-5-9-1-3-10(4-2-9)11-7-13-8-11/h1-4,11H,5-8,12H2. The summed E-state index contributed by atoms with van der Waals surface area (Å²) < 4.78 is 5.15. The van der Waals surface area contributed by atoms with Gasteiger partial charge in [-0.1, -0.05) is 24.3 Å². The summed E-state index contributed by atoms with van der Waals surface area (Å²) in [5, 5.41) is 0. The third kappa shape index (κ3) is 2.12. The molecule has 0 bridgehead atoms. The van der Waals surface area contributed by atoms with E-state index in [2.05, 4.69) is 29.1 Å². The third-order valence-corrected chi connectivity index (χ3v) is 2.60. The predicted octanol–water partition coefficient (Wildman–Crippen LogP) is 1.23. The van der Waals surface area contributed by atoms with Crippen molar-refractivity contribution in [3.05, 3.63) is 35.4 Å². The molecular formula is C11H15NO2. The third-order valence-electron chi connectivity index (χ3n) is 2.60. The van der Waals surface area contributed by atoms with E-state index in [0.717, 1.165) is 19.6 Å². The van der Waals surface area contributed by atoms with Crippen LogP contribution in [-0.2, 0) is 16.0 Å². The summed E-state index contributed by atoms with van der Waals surface area (Å²) in [4.78, 5) is 4.54. The first-order valence-corrected chi connectivity index (χ1v) is 4.88. The molecule has 0 aromatic heterocycles. The molecule has 1 saturated heterocycles. The maximum atomic E-state index is 5.15. The highest BCUT2D eigenvalue weighted by atomic mass is 16.6. The minimum Gasteiger partial charge on any atom is -0.380 e. The van der Waals surface area contributed by atoms with Crippen LogP contribution in [0.3, 0.4) is 0 Å². The normalized spacial score (nSPS) is 16.6. The topological polar surface area (TPSA) is 44.5 Å². The fourth-order valence-electron chi connectivity index (χ4n) is 1.56. The Labute approximate surface area is 83.8 Å². The SMILES string of the molecule is NOCCc1ccc(C2COC2)cc1. The number of hydrogen-bond donors (Lipinski definition) is 1. The number of hydrogen-bond acceptors (Lipinski definition) is 3. The minimum atomic E-state index is 0.575. The molecule has 0 amide bonds. The van der Waals surface area contributed by atoms with Crippen molar-refractivity contribution in [3.8, 4) is 0 Å². The highest BCUT2D eigenvalue weighted by molar-refractivity contribution is 5.26. The largest absolute Gasteiger partial charge is 0.380 e. The summed E-state index contributed by atoms with van der Waals surface area (Å²) in [6, 6.07) is 8.59. The molecule has 1 aromatic carbocycles. The van der Waals surface area contributed by atoms with Gasteiger partial charge in [0, 0.05) is 5.92 Å². The van der Waals surface area contributed by atoms with Crippen LogP contribution < -0.4 is 5.90 Å². The van der Waals surface area contributed by atoms with E-state index in [4.69, 9.17) is 10.6 Å². The second-order valence-electron chi connectivity index (χ2n) is 3.60. The molecule has 14 heavy (non-hydrogen) atoms. The van der Waals surface area contributed by atoms with Crippen LogP contribution in [0, 0.1) is 0 Å². The lowest BCUT2D eigenvalue weighted by atomic mass is 9.96. The maximum Gasteiger partial charge on any atom is 0.0719 e. The average molecular weight is 193 g/mol. The molecule has 0 saturated carbocycles. The predicted molar refractivity (Wildman–Crippen MR) is 53.8 cm³/mol. The smallest absolute Gasteiger partial charge is 0.0719 e. The van der Waals surface area contributed by atoms with E-state index >= 15 is 0 Å². The molecule has 3 nitrogen and oxygen atoms in total. The molecule has 1 aliphatic rings. The highest BCUT2D eigenvalue weighted by Crippen LogP contribution is 2.23. The van der Waals surface area contributed by atoms with Gasteiger partial charge in [-0.2, -0.15) is 0 Å². The fraction of sp³-hybridized carbons (Fsp3) is 0.455. The van der Waals surface area contributed by atoms with Crippen molar-refractivity contribution >= 4 is 0 Å². The Morgan fingerprint density at radius 1 is 1.29 bits per heavy atom. The van der Waals surface area contributed by atoms with Gasteiger partial charge in [0.25, 0.3) is 0 Å². The van der Waals surface area contributed by atoms with E-state index in [9.17, 15) is 0 Å². The summed E-state index contributed by atoms with van der Waals surface area (Å²) in [6.07, 6.45) is 0.873. The Morgan fingerprint density at radius 2 is 2.00 bits per heavy atom. The van der Waals surface area contributed by atoms with Crippen LogP contribution in [0.5, 0.6) is 0 Å². The molecule has 2 N–H and O–H groups in total. The number of rotatable bonds is 4. The summed E-state index contributed by atoms with van der Waals surface area (Å²) >= 11 is 0. The maximum absolute atomic E-state index is 5.15. The first-order chi connectivity index (χ1) is 6.90. The summed E-state index contributed by atoms with van der Waals surface area (Å²) in [5.41, 5.74) is 2.63. The quantitative estimate of drug-likeness (QED) is 0.731. The molecular weight excluding hydrogens is 178 g/mol. The number of ether oxygens (including phenoxy) is 1. The van der Waals surface area contributed by atoms with Gasteiger partial charge in [-0.15, -0.1) is 0 Å². The van der Waals surface area contributed by atoms with Crippen LogP contribution in [0.4, 0.5) is 0 Å². The Bertz CT molecular complexity index is 280. The highest BCUT2D eigenvalue weighted by Gasteiger charge is 2.19. The molecule has 2 rings (SSSR count). The van der Waals surface area contributed by atoms with Crippen molar-refractivity contribution in [1.82, 2.24) is 0 Å². The zero-order valence-electron chi connectivity index (χ0n) is 8.11. The Morgan fingerprint density at radius 3 is 2.50 bits per heavy atom. The zero-order valence-corrected chi connectivity index (χ0v) is 8.11. The summed E-state index contributed by atoms with van der Waals surface area (Å²) in [6.45, 7) is 2.31. The Kier molecular flexibility index (Phi) is 3.14. The average Bonchev–Trinajstić information content (AvgIpc) is 2.14. The number of benzene rings is 1. The molecule has 0 aliphatic carbocycles. The monoisotopic (exact) mass is 193 g/mol. The second-order valence-corrected chi connectivity index (χ2v) is 3.60. The van der Waals surface area contributed by atoms with Crippen molar-refractivity contribution in [2.24, 2.45) is 5.90 Å². The van der Waals surface area contributed by atoms with E-state index in [1.165, 1.54) is 11.1 Å². The van der Waals surface area contributed by atoms with Gasteiger partial charge in [-0.05, 0) is 17.5 Å². The van der Waals surface area contributed by atoms with Crippen LogP contribution in [-0.4, -0.2) is 19.8 Å². The van der Waals surface area contributed by atoms with Gasteiger partial charge in [0.2, 0.25) is 0 Å². The molecule has 1 aromatic rings. The molecule has 0 radical (unpaired) electrons. The van der Waals surface area contributed by atoms with Gasteiger partial charge < -0.3 is 9.57 Å². The van der Waals surface area contributed by atoms with Gasteiger partial charge in [0.05, 0.1) is 19.8 Å². The Hall–Kier alpha value is -0.900. The molecule has 3 heteroatoms. The van der Waals surface area contributed by atoms with E-state index in [1.807, 2.05) is 0 Å². The van der Waals surface area contributed by atoms with Gasteiger partial charge >= 0.3 is 0 Å². The van der Waals surface area contributed by atoms with Crippen molar-refractivity contribution in [3.63, 3.8) is 0 Å². The van der Waals surface area contributed by atoms with Crippen molar-refractivity contribution in [2.45, 2.75) is 12.3 Å². The molecule has 0 spiro atoms. The van der Waals surface area contributed by atoms with E-state index in [1.54, 1.807) is 0 Å². The second kappa shape index (κ2) is 4.55. The lowest BCUT2D eigenvalue weighted by molar-refractivity contribution is 0.00841. The summed E-state index contributed by atoms with van der Waals surface area (Å²) in [5.74, 6) is 5.57. The first-order valence-electron chi connectivity index (χ1n) is 4.88. The Balaban J connectivity index is 1.95. The van der Waals surface area contributed by atoms with Gasteiger partial charge in [0.15, 0.2) is 0 Å². The van der Waals surface area contributed by atoms with Crippen molar-refractivity contribution in [2.75, 3.05) is 19.8 Å². The van der Waals surface area contributed by atoms with E-state index in [0.29, 0.717) is 12.5 Å². The number of nitrogens with two attached hydrogens (primary N) is 1. The molecule has 1 heterocycles. The van der Waals surface area contributed by atoms with Gasteiger partial charge in [-0.25, -0.2) is 5.90 Å². The van der Waals surface area contributed by atoms with Gasteiger partial charge in [0.1, 0.15) is 0 Å². The van der Waals surface area contributed by atoms with Crippen molar-refractivity contribution in [1.29, 1.82) is 0 Å². The van der Waals surface area contributed by atoms with Crippen LogP contribution in [0.1, 0.15) is 17.0 Å². The van der Waals surface area contributed by atoms with Gasteiger partial charge in [-0.3, -0.25) is 0 Å². The van der Waals surface area contributed by atoms with Crippen molar-refractivity contribution < 1.29 is 9.57 Å². The molecule has 0 unspecified atom stereocenters. The lowest BCUT2D eigenvalue weighted by Gasteiger charge is -2.26. The zero-order chi connectivity index (χ0) is 9.80. The van der Waals surface area contributed by atoms with E-state index in [-0.39, 0.29) is 0 Å².